The van der Waals surface area contributed by atoms with Crippen LogP contribution >= 0.6 is 35.3 Å². The van der Waals surface area contributed by atoms with Crippen LogP contribution in [-0.4, -0.2) is 36.6 Å². The fourth-order valence-corrected chi connectivity index (χ4v) is 8.23. The van der Waals surface area contributed by atoms with Crippen molar-refractivity contribution >= 4 is 58.1 Å². The summed E-state index contributed by atoms with van der Waals surface area (Å²) in [4.78, 5) is 11.0. The second kappa shape index (κ2) is 8.79. The van der Waals surface area contributed by atoms with E-state index in [9.17, 15) is 0 Å². The molecule has 4 heterocycles. The van der Waals surface area contributed by atoms with Gasteiger partial charge in [0.05, 0.1) is 4.88 Å². The molecule has 1 fully saturated rings. The minimum atomic E-state index is 0.167. The molecule has 0 N–H and O–H groups in total. The molecule has 1 saturated heterocycles. The van der Waals surface area contributed by atoms with Crippen LogP contribution < -0.4 is 15.3 Å². The highest BCUT2D eigenvalue weighted by Gasteiger charge is 2.33. The molecule has 2 aromatic carbocycles. The predicted molar refractivity (Wildman–Crippen MR) is 156 cm³/mol. The van der Waals surface area contributed by atoms with Gasteiger partial charge in [-0.1, -0.05) is 56.5 Å². The number of piperidine rings is 1. The van der Waals surface area contributed by atoms with Crippen molar-refractivity contribution in [2.45, 2.75) is 54.7 Å². The maximum Gasteiger partial charge on any atom is 0.119 e. The summed E-state index contributed by atoms with van der Waals surface area (Å²) >= 11 is 9.70. The third-order valence-electron chi connectivity index (χ3n) is 7.82. The Bertz CT molecular complexity index is 1440. The first-order valence-corrected chi connectivity index (χ1v) is 14.7. The Hall–Kier alpha value is -2.08. The number of benzene rings is 2. The molecule has 1 aromatic heterocycles. The van der Waals surface area contributed by atoms with Gasteiger partial charge in [-0.3, -0.25) is 0 Å². The van der Waals surface area contributed by atoms with Crippen LogP contribution in [0.15, 0.2) is 52.3 Å². The van der Waals surface area contributed by atoms with Crippen molar-refractivity contribution < 1.29 is 0 Å². The van der Waals surface area contributed by atoms with E-state index in [2.05, 4.69) is 79.7 Å². The van der Waals surface area contributed by atoms with Gasteiger partial charge in [0.1, 0.15) is 4.99 Å². The van der Waals surface area contributed by atoms with E-state index in [-0.39, 0.29) is 5.41 Å². The van der Waals surface area contributed by atoms with Gasteiger partial charge in [0, 0.05) is 52.6 Å². The van der Waals surface area contributed by atoms with E-state index in [0.29, 0.717) is 0 Å². The fourth-order valence-electron chi connectivity index (χ4n) is 5.64. The van der Waals surface area contributed by atoms with Crippen LogP contribution in [-0.2, 0) is 5.41 Å². The number of thiocarbonyl (C=S) groups is 1. The Labute approximate surface area is 222 Å². The molecule has 0 aliphatic carbocycles. The molecule has 180 valence electrons. The van der Waals surface area contributed by atoms with Gasteiger partial charge in [0.2, 0.25) is 0 Å². The fraction of sp³-hybridized carbons (Fsp3) is 0.367. The lowest BCUT2D eigenvalue weighted by Crippen LogP contribution is -2.35. The van der Waals surface area contributed by atoms with Crippen LogP contribution in [0.3, 0.4) is 0 Å². The van der Waals surface area contributed by atoms with Crippen LogP contribution in [0.1, 0.15) is 60.4 Å². The van der Waals surface area contributed by atoms with Gasteiger partial charge in [0.25, 0.3) is 0 Å². The third kappa shape index (κ3) is 4.06. The Morgan fingerprint density at radius 1 is 0.971 bits per heavy atom. The van der Waals surface area contributed by atoms with Crippen LogP contribution in [0.2, 0.25) is 0 Å². The highest BCUT2D eigenvalue weighted by molar-refractivity contribution is 7.99. The van der Waals surface area contributed by atoms with Crippen molar-refractivity contribution in [2.75, 3.05) is 31.6 Å². The van der Waals surface area contributed by atoms with Crippen molar-refractivity contribution in [3.05, 3.63) is 73.8 Å². The molecule has 35 heavy (non-hydrogen) atoms. The molecule has 0 unspecified atom stereocenters. The molecule has 3 aliphatic heterocycles. The number of anilines is 1. The number of nitrogens with zero attached hydrogens (tertiary/aromatic N) is 2. The van der Waals surface area contributed by atoms with E-state index in [0.717, 1.165) is 29.8 Å². The number of rotatable bonds is 2. The van der Waals surface area contributed by atoms with Gasteiger partial charge in [-0.15, -0.1) is 11.3 Å². The van der Waals surface area contributed by atoms with Gasteiger partial charge < -0.3 is 9.80 Å². The first-order chi connectivity index (χ1) is 16.8. The van der Waals surface area contributed by atoms with Crippen molar-refractivity contribution in [2.24, 2.45) is 0 Å². The zero-order chi connectivity index (χ0) is 24.3. The summed E-state index contributed by atoms with van der Waals surface area (Å²) in [5.74, 6) is 0. The van der Waals surface area contributed by atoms with Crippen LogP contribution in [0.5, 0.6) is 0 Å². The number of fused-ring (bicyclic) bond motifs is 3. The molecule has 5 heteroatoms. The molecule has 0 amide bonds. The standard InChI is InChI=1S/C30H32N2S3/c1-19-8-9-20-26(16-19)35-27-18-23-22(30(2,3)12-15-31(23)4)17-21(27)28(20)24-10-11-25(34-24)29(33)32-13-6-5-7-14-32/h8-11,16-18H,1,5-7,12-15H2,2-4H3. The number of thiophene rings is 1. The Morgan fingerprint density at radius 2 is 1.77 bits per heavy atom. The summed E-state index contributed by atoms with van der Waals surface area (Å²) < 4.78 is 0. The number of likely N-dealkylation sites (tertiary alicyclic amines) is 1. The van der Waals surface area contributed by atoms with E-state index >= 15 is 0 Å². The molecule has 0 spiro atoms. The van der Waals surface area contributed by atoms with Crippen LogP contribution in [0, 0.1) is 0 Å². The first-order valence-electron chi connectivity index (χ1n) is 12.6. The van der Waals surface area contributed by atoms with Crippen molar-refractivity contribution in [3.63, 3.8) is 0 Å². The van der Waals surface area contributed by atoms with Crippen molar-refractivity contribution in [1.29, 1.82) is 0 Å². The van der Waals surface area contributed by atoms with Crippen molar-refractivity contribution in [1.82, 2.24) is 4.90 Å². The van der Waals surface area contributed by atoms with E-state index in [1.165, 1.54) is 72.8 Å². The zero-order valence-electron chi connectivity index (χ0n) is 20.8. The molecule has 2 nitrogen and oxygen atoms in total. The molecule has 3 aliphatic rings. The summed E-state index contributed by atoms with van der Waals surface area (Å²) in [6.07, 6.45) is 4.99. The molecular weight excluding hydrogens is 485 g/mol. The maximum absolute atomic E-state index is 5.96. The highest BCUT2D eigenvalue weighted by atomic mass is 32.2. The Morgan fingerprint density at radius 3 is 2.57 bits per heavy atom. The number of hydrogen-bond donors (Lipinski definition) is 0. The van der Waals surface area contributed by atoms with Crippen LogP contribution in [0.25, 0.3) is 12.2 Å². The molecular formula is C30H32N2S3. The Balaban J connectivity index is 1.53. The average Bonchev–Trinajstić information content (AvgIpc) is 3.34. The average molecular weight is 517 g/mol. The van der Waals surface area contributed by atoms with E-state index in [1.54, 1.807) is 0 Å². The lowest BCUT2D eigenvalue weighted by Gasteiger charge is -2.39. The minimum absolute atomic E-state index is 0.167. The van der Waals surface area contributed by atoms with Gasteiger partial charge in [-0.25, -0.2) is 0 Å². The summed E-state index contributed by atoms with van der Waals surface area (Å²) in [5, 5.41) is 2.38. The van der Waals surface area contributed by atoms with E-state index < -0.39 is 0 Å². The SMILES string of the molecule is C=c1ccc2c(c1)Sc1cc3c(cc1C=2c1ccc(C(=S)N2CCCCC2)s1)C(C)(C)CCN3C. The summed E-state index contributed by atoms with van der Waals surface area (Å²) in [6.45, 7) is 12.3. The van der Waals surface area contributed by atoms with Gasteiger partial charge in [-0.05, 0) is 83.0 Å². The molecule has 6 rings (SSSR count). The van der Waals surface area contributed by atoms with E-state index in [4.69, 9.17) is 12.2 Å². The van der Waals surface area contributed by atoms with Gasteiger partial charge in [0.15, 0.2) is 0 Å². The zero-order valence-corrected chi connectivity index (χ0v) is 23.3. The molecule has 0 radical (unpaired) electrons. The van der Waals surface area contributed by atoms with Gasteiger partial charge in [-0.2, -0.15) is 0 Å². The quantitative estimate of drug-likeness (QED) is 0.295. The van der Waals surface area contributed by atoms with E-state index in [1.807, 2.05) is 23.1 Å². The summed E-state index contributed by atoms with van der Waals surface area (Å²) in [5.41, 5.74) is 5.71. The maximum atomic E-state index is 5.96. The lowest BCUT2D eigenvalue weighted by atomic mass is 9.76. The van der Waals surface area contributed by atoms with Crippen LogP contribution in [0.4, 0.5) is 5.69 Å². The largest absolute Gasteiger partial charge is 0.374 e. The minimum Gasteiger partial charge on any atom is -0.374 e. The third-order valence-corrected chi connectivity index (χ3v) is 10.7. The topological polar surface area (TPSA) is 6.48 Å². The lowest BCUT2D eigenvalue weighted by molar-refractivity contribution is 0.348. The second-order valence-electron chi connectivity index (χ2n) is 10.7. The predicted octanol–water partition coefficient (Wildman–Crippen LogP) is 6.15. The first kappa shape index (κ1) is 23.3. The molecule has 0 bridgehead atoms. The molecule has 3 aromatic rings. The Kier molecular flexibility index (Phi) is 5.86. The smallest absolute Gasteiger partial charge is 0.119 e. The summed E-state index contributed by atoms with van der Waals surface area (Å²) in [7, 11) is 2.23. The summed E-state index contributed by atoms with van der Waals surface area (Å²) in [6, 6.07) is 16.1. The normalized spacial score (nSPS) is 18.7. The second-order valence-corrected chi connectivity index (χ2v) is 13.3. The molecule has 0 atom stereocenters. The monoisotopic (exact) mass is 516 g/mol. The number of hydrogen-bond acceptors (Lipinski definition) is 4. The molecule has 0 saturated carbocycles. The highest BCUT2D eigenvalue weighted by Crippen LogP contribution is 2.47. The van der Waals surface area contributed by atoms with Crippen molar-refractivity contribution in [3.8, 4) is 0 Å². The van der Waals surface area contributed by atoms with Gasteiger partial charge >= 0.3 is 0 Å².